The molecule has 0 aromatic heterocycles. The lowest BCUT2D eigenvalue weighted by molar-refractivity contribution is 0.349. The van der Waals surface area contributed by atoms with Crippen molar-refractivity contribution in [3.8, 4) is 5.75 Å². The van der Waals surface area contributed by atoms with Crippen LogP contribution in [-0.2, 0) is 10.0 Å². The Morgan fingerprint density at radius 1 is 1.53 bits per heavy atom. The number of benzene rings is 1. The molecule has 0 unspecified atom stereocenters. The van der Waals surface area contributed by atoms with Gasteiger partial charge in [-0.3, -0.25) is 0 Å². The highest BCUT2D eigenvalue weighted by molar-refractivity contribution is 7.89. The van der Waals surface area contributed by atoms with Crippen molar-refractivity contribution in [2.75, 3.05) is 6.61 Å². The molecule has 1 aromatic carbocycles. The molecule has 0 amide bonds. The topological polar surface area (TPSA) is 69.4 Å². The van der Waals surface area contributed by atoms with Gasteiger partial charge in [-0.25, -0.2) is 13.6 Å². The summed E-state index contributed by atoms with van der Waals surface area (Å²) in [5, 5.41) is 5.34. The van der Waals surface area contributed by atoms with Crippen molar-refractivity contribution in [3.63, 3.8) is 0 Å². The first-order chi connectivity index (χ1) is 7.84. The van der Waals surface area contributed by atoms with Crippen molar-refractivity contribution in [1.82, 2.24) is 0 Å². The monoisotopic (exact) mass is 295 g/mol. The maximum absolute atomic E-state index is 11.3. The third-order valence-corrected chi connectivity index (χ3v) is 3.42. The summed E-state index contributed by atoms with van der Waals surface area (Å²) in [6, 6.07) is 4.67. The molecule has 2 N–H and O–H groups in total. The molecule has 1 aromatic rings. The number of primary sulfonamides is 1. The number of halogens is 2. The molecule has 0 fully saturated rings. The maximum Gasteiger partial charge on any atom is 0.241 e. The van der Waals surface area contributed by atoms with Crippen LogP contribution in [0.3, 0.4) is 0 Å². The number of aryl methyl sites for hydroxylation is 1. The van der Waals surface area contributed by atoms with Gasteiger partial charge in [0.2, 0.25) is 10.0 Å². The fourth-order valence-electron chi connectivity index (χ4n) is 1.14. The fraction of sp³-hybridized carbons (Fsp3) is 0.200. The average molecular weight is 296 g/mol. The summed E-state index contributed by atoms with van der Waals surface area (Å²) < 4.78 is 27.9. The van der Waals surface area contributed by atoms with Gasteiger partial charge in [0.25, 0.3) is 0 Å². The van der Waals surface area contributed by atoms with Crippen molar-refractivity contribution in [3.05, 3.63) is 34.3 Å². The van der Waals surface area contributed by atoms with Crippen molar-refractivity contribution < 1.29 is 13.2 Å². The lowest BCUT2D eigenvalue weighted by Crippen LogP contribution is -2.14. The van der Waals surface area contributed by atoms with Gasteiger partial charge in [-0.2, -0.15) is 0 Å². The fourth-order valence-corrected chi connectivity index (χ4v) is 2.01. The van der Waals surface area contributed by atoms with E-state index in [4.69, 9.17) is 33.1 Å². The van der Waals surface area contributed by atoms with E-state index in [1.165, 1.54) is 12.1 Å². The van der Waals surface area contributed by atoms with Crippen molar-refractivity contribution in [2.45, 2.75) is 11.8 Å². The van der Waals surface area contributed by atoms with E-state index in [0.717, 1.165) is 11.1 Å². The molecule has 0 atom stereocenters. The van der Waals surface area contributed by atoms with E-state index in [1.54, 1.807) is 13.0 Å². The summed E-state index contributed by atoms with van der Waals surface area (Å²) in [5.41, 5.74) is 1.91. The molecule has 4 nitrogen and oxygen atoms in total. The number of ether oxygens (including phenoxy) is 1. The Kier molecular flexibility index (Phi) is 4.82. The number of hydrogen-bond acceptors (Lipinski definition) is 3. The Balaban J connectivity index is 3.08. The Hall–Kier alpha value is -0.750. The summed E-state index contributed by atoms with van der Waals surface area (Å²) in [6.07, 6.45) is 0. The molecule has 0 saturated carbocycles. The van der Waals surface area contributed by atoms with E-state index < -0.39 is 10.0 Å². The Morgan fingerprint density at radius 3 is 2.71 bits per heavy atom. The Morgan fingerprint density at radius 2 is 2.18 bits per heavy atom. The van der Waals surface area contributed by atoms with Crippen LogP contribution in [0.1, 0.15) is 5.56 Å². The van der Waals surface area contributed by atoms with Crippen molar-refractivity contribution in [1.29, 1.82) is 0 Å². The van der Waals surface area contributed by atoms with E-state index in [-0.39, 0.29) is 22.3 Å². The molecule has 1 rings (SSSR count). The van der Waals surface area contributed by atoms with Crippen LogP contribution >= 0.6 is 23.2 Å². The van der Waals surface area contributed by atoms with Gasteiger partial charge in [-0.15, -0.1) is 0 Å². The van der Waals surface area contributed by atoms with E-state index >= 15 is 0 Å². The van der Waals surface area contributed by atoms with Crippen LogP contribution in [0.25, 0.3) is 0 Å². The highest BCUT2D eigenvalue weighted by atomic mass is 35.5. The summed E-state index contributed by atoms with van der Waals surface area (Å²) >= 11 is 11.0. The number of rotatable bonds is 4. The molecule has 0 spiro atoms. The van der Waals surface area contributed by atoms with Crippen LogP contribution in [0.4, 0.5) is 0 Å². The van der Waals surface area contributed by atoms with Gasteiger partial charge in [-0.05, 0) is 24.6 Å². The molecule has 0 saturated heterocycles. The summed E-state index contributed by atoms with van der Waals surface area (Å²) in [7, 11) is -3.83. The second-order valence-electron chi connectivity index (χ2n) is 3.34. The van der Waals surface area contributed by atoms with Crippen molar-refractivity contribution in [2.24, 2.45) is 5.14 Å². The lowest BCUT2D eigenvalue weighted by Gasteiger charge is -2.10. The SMILES string of the molecule is Cc1ccc(OC/C(Cl)=C/Cl)c(S(N)(=O)=O)c1. The molecular formula is C10H11Cl2NO3S. The Labute approximate surface area is 110 Å². The second-order valence-corrected chi connectivity index (χ2v) is 5.57. The summed E-state index contributed by atoms with van der Waals surface area (Å²) in [4.78, 5) is -0.0726. The van der Waals surface area contributed by atoms with Crippen LogP contribution in [0.15, 0.2) is 33.7 Å². The minimum Gasteiger partial charge on any atom is -0.487 e. The largest absolute Gasteiger partial charge is 0.487 e. The quantitative estimate of drug-likeness (QED) is 0.927. The predicted molar refractivity (Wildman–Crippen MR) is 67.8 cm³/mol. The summed E-state index contributed by atoms with van der Waals surface area (Å²) in [5.74, 6) is 0.148. The third-order valence-electron chi connectivity index (χ3n) is 1.89. The lowest BCUT2D eigenvalue weighted by atomic mass is 10.2. The van der Waals surface area contributed by atoms with Gasteiger partial charge in [0.1, 0.15) is 17.3 Å². The first-order valence-corrected chi connectivity index (χ1v) is 6.91. The molecule has 94 valence electrons. The van der Waals surface area contributed by atoms with E-state index in [1.807, 2.05) is 0 Å². The second kappa shape index (κ2) is 5.73. The van der Waals surface area contributed by atoms with Gasteiger partial charge in [0.15, 0.2) is 0 Å². The number of hydrogen-bond donors (Lipinski definition) is 1. The molecule has 0 bridgehead atoms. The van der Waals surface area contributed by atoms with E-state index in [0.29, 0.717) is 0 Å². The van der Waals surface area contributed by atoms with E-state index in [9.17, 15) is 8.42 Å². The van der Waals surface area contributed by atoms with E-state index in [2.05, 4.69) is 0 Å². The van der Waals surface area contributed by atoms with Crippen molar-refractivity contribution >= 4 is 33.2 Å². The number of sulfonamides is 1. The maximum atomic E-state index is 11.3. The van der Waals surface area contributed by atoms with Crippen LogP contribution in [0, 0.1) is 6.92 Å². The van der Waals surface area contributed by atoms with Crippen LogP contribution in [0.5, 0.6) is 5.75 Å². The highest BCUT2D eigenvalue weighted by Gasteiger charge is 2.15. The van der Waals surface area contributed by atoms with Crippen LogP contribution < -0.4 is 9.88 Å². The first kappa shape index (κ1) is 14.3. The zero-order valence-electron chi connectivity index (χ0n) is 8.98. The van der Waals surface area contributed by atoms with Gasteiger partial charge in [0, 0.05) is 5.54 Å². The molecule has 7 heteroatoms. The molecule has 0 heterocycles. The molecular weight excluding hydrogens is 285 g/mol. The normalized spacial score (nSPS) is 12.6. The Bertz CT molecular complexity index is 540. The van der Waals surface area contributed by atoms with Gasteiger partial charge in [-0.1, -0.05) is 29.3 Å². The smallest absolute Gasteiger partial charge is 0.241 e. The molecule has 0 aliphatic heterocycles. The standard InChI is InChI=1S/C10H11Cl2NO3S/c1-7-2-3-9(16-6-8(12)5-11)10(4-7)17(13,14)15/h2-5H,6H2,1H3,(H2,13,14,15)/b8-5-. The van der Waals surface area contributed by atoms with Crippen LogP contribution in [0.2, 0.25) is 0 Å². The zero-order chi connectivity index (χ0) is 13.1. The molecule has 0 aliphatic rings. The third kappa shape index (κ3) is 4.20. The molecule has 0 aliphatic carbocycles. The predicted octanol–water partition coefficient (Wildman–Crippen LogP) is 2.34. The van der Waals surface area contributed by atoms with Crippen LogP contribution in [-0.4, -0.2) is 15.0 Å². The average Bonchev–Trinajstić information content (AvgIpc) is 2.25. The van der Waals surface area contributed by atoms with Gasteiger partial charge in [0.05, 0.1) is 5.03 Å². The molecule has 17 heavy (non-hydrogen) atoms. The van der Waals surface area contributed by atoms with Gasteiger partial charge >= 0.3 is 0 Å². The number of nitrogens with two attached hydrogens (primary N) is 1. The molecule has 0 radical (unpaired) electrons. The minimum atomic E-state index is -3.83. The van der Waals surface area contributed by atoms with Gasteiger partial charge < -0.3 is 4.74 Å². The summed E-state index contributed by atoms with van der Waals surface area (Å²) in [6.45, 7) is 1.74. The highest BCUT2D eigenvalue weighted by Crippen LogP contribution is 2.24. The first-order valence-electron chi connectivity index (χ1n) is 4.55. The zero-order valence-corrected chi connectivity index (χ0v) is 11.3. The minimum absolute atomic E-state index is 0.0172.